The molecule has 0 radical (unpaired) electrons. The van der Waals surface area contributed by atoms with Crippen LogP contribution in [-0.2, 0) is 14.3 Å². The van der Waals surface area contributed by atoms with Gasteiger partial charge in [0.25, 0.3) is 0 Å². The number of phenols is 1. The number of anilines is 1. The van der Waals surface area contributed by atoms with Crippen LogP contribution < -0.4 is 9.64 Å². The van der Waals surface area contributed by atoms with Crippen LogP contribution >= 0.6 is 0 Å². The van der Waals surface area contributed by atoms with Crippen LogP contribution in [0.3, 0.4) is 0 Å². The number of Topliss-reactive ketones (excluding diaryl/α,β-unsaturated/α-hetero) is 1. The Labute approximate surface area is 151 Å². The van der Waals surface area contributed by atoms with E-state index in [9.17, 15) is 24.6 Å². The summed E-state index contributed by atoms with van der Waals surface area (Å²) in [6.07, 6.45) is 0. The summed E-state index contributed by atoms with van der Waals surface area (Å²) in [7, 11) is 1.33. The van der Waals surface area contributed by atoms with Gasteiger partial charge in [-0.2, -0.15) is 0 Å². The fourth-order valence-electron chi connectivity index (χ4n) is 3.62. The third-order valence-corrected chi connectivity index (χ3v) is 4.58. The monoisotopic (exact) mass is 365 g/mol. The quantitative estimate of drug-likeness (QED) is 0.616. The molecule has 2 unspecified atom stereocenters. The molecular weight excluding hydrogens is 342 g/mol. The van der Waals surface area contributed by atoms with Gasteiger partial charge >= 0.3 is 5.97 Å². The Balaban J connectivity index is 3.02. The zero-order valence-electron chi connectivity index (χ0n) is 15.7. The summed E-state index contributed by atoms with van der Waals surface area (Å²) in [5.41, 5.74) is -1.80. The maximum Gasteiger partial charge on any atom is 0.318 e. The normalized spacial score (nSPS) is 21.3. The van der Waals surface area contributed by atoms with Gasteiger partial charge < -0.3 is 19.7 Å². The first kappa shape index (κ1) is 19.7. The minimum absolute atomic E-state index is 0.0242. The van der Waals surface area contributed by atoms with Gasteiger partial charge in [0.1, 0.15) is 17.4 Å². The molecule has 1 aromatic carbocycles. The molecular formula is C18H23NO7. The fraction of sp³-hybridized carbons (Fsp3) is 0.500. The largest absolute Gasteiger partial charge is 0.507 e. The molecule has 2 N–H and O–H groups in total. The van der Waals surface area contributed by atoms with Gasteiger partial charge in [0, 0.05) is 18.1 Å². The van der Waals surface area contributed by atoms with Gasteiger partial charge in [-0.25, -0.2) is 0 Å². The first-order valence-corrected chi connectivity index (χ1v) is 8.16. The average molecular weight is 365 g/mol. The van der Waals surface area contributed by atoms with Gasteiger partial charge in [0.15, 0.2) is 11.5 Å². The van der Waals surface area contributed by atoms with Crippen LogP contribution in [0.1, 0.15) is 55.1 Å². The molecule has 8 heteroatoms. The highest BCUT2D eigenvalue weighted by molar-refractivity contribution is 6.09. The maximum absolute atomic E-state index is 12.6. The van der Waals surface area contributed by atoms with E-state index in [-0.39, 0.29) is 40.5 Å². The molecule has 1 aliphatic heterocycles. The first-order valence-electron chi connectivity index (χ1n) is 8.16. The van der Waals surface area contributed by atoms with E-state index in [2.05, 4.69) is 0 Å². The van der Waals surface area contributed by atoms with Crippen molar-refractivity contribution in [3.05, 3.63) is 16.7 Å². The van der Waals surface area contributed by atoms with Crippen LogP contribution in [-0.4, -0.2) is 47.3 Å². The Hall–Kier alpha value is -2.61. The minimum Gasteiger partial charge on any atom is -0.507 e. The number of ether oxygens (including phenoxy) is 2. The van der Waals surface area contributed by atoms with Gasteiger partial charge in [-0.3, -0.25) is 19.3 Å². The Kier molecular flexibility index (Phi) is 5.01. The van der Waals surface area contributed by atoms with Crippen LogP contribution in [0.5, 0.6) is 11.5 Å². The zero-order valence-corrected chi connectivity index (χ0v) is 15.7. The van der Waals surface area contributed by atoms with E-state index >= 15 is 0 Å². The lowest BCUT2D eigenvalue weighted by Gasteiger charge is -2.33. The lowest BCUT2D eigenvalue weighted by atomic mass is 9.86. The van der Waals surface area contributed by atoms with E-state index < -0.39 is 29.3 Å². The number of esters is 1. The molecule has 0 fully saturated rings. The van der Waals surface area contributed by atoms with E-state index in [0.717, 1.165) is 4.90 Å². The number of benzene rings is 1. The fourth-order valence-corrected chi connectivity index (χ4v) is 3.62. The third-order valence-electron chi connectivity index (χ3n) is 4.58. The van der Waals surface area contributed by atoms with E-state index in [1.807, 2.05) is 0 Å². The molecule has 8 nitrogen and oxygen atoms in total. The SMILES string of the molecule is CCOC(=O)C1c2c(C(C)=O)c(O)c(C)c(OC)c2N(C(C)=O)C1(C)O. The predicted octanol–water partition coefficient (Wildman–Crippen LogP) is 1.63. The molecule has 0 aliphatic carbocycles. The molecule has 2 atom stereocenters. The van der Waals surface area contributed by atoms with Crippen molar-refractivity contribution < 1.29 is 34.1 Å². The molecule has 1 aromatic rings. The van der Waals surface area contributed by atoms with Gasteiger partial charge in [-0.1, -0.05) is 0 Å². The summed E-state index contributed by atoms with van der Waals surface area (Å²) in [6, 6.07) is 0. The highest BCUT2D eigenvalue weighted by Crippen LogP contribution is 2.56. The number of ketones is 1. The number of phenolic OH excluding ortho intramolecular Hbond substituents is 1. The molecule has 0 spiro atoms. The molecule has 2 rings (SSSR count). The summed E-state index contributed by atoms with van der Waals surface area (Å²) >= 11 is 0. The predicted molar refractivity (Wildman–Crippen MR) is 92.6 cm³/mol. The molecule has 1 heterocycles. The number of carbonyl (C=O) groups excluding carboxylic acids is 3. The lowest BCUT2D eigenvalue weighted by molar-refractivity contribution is -0.151. The minimum atomic E-state index is -2.00. The van der Waals surface area contributed by atoms with E-state index in [1.165, 1.54) is 34.8 Å². The Morgan fingerprint density at radius 3 is 2.27 bits per heavy atom. The lowest BCUT2D eigenvalue weighted by Crippen LogP contribution is -2.51. The van der Waals surface area contributed by atoms with Crippen molar-refractivity contribution in [2.24, 2.45) is 0 Å². The van der Waals surface area contributed by atoms with Gasteiger partial charge in [-0.15, -0.1) is 0 Å². The van der Waals surface area contributed by atoms with Crippen molar-refractivity contribution in [3.63, 3.8) is 0 Å². The molecule has 1 amide bonds. The number of amides is 1. The second kappa shape index (κ2) is 6.60. The zero-order chi connectivity index (χ0) is 20.0. The molecule has 26 heavy (non-hydrogen) atoms. The number of hydrogen-bond donors (Lipinski definition) is 2. The number of methoxy groups -OCH3 is 1. The second-order valence-corrected chi connectivity index (χ2v) is 6.33. The topological polar surface area (TPSA) is 113 Å². The van der Waals surface area contributed by atoms with Crippen molar-refractivity contribution in [1.29, 1.82) is 0 Å². The third kappa shape index (κ3) is 2.61. The Bertz CT molecular complexity index is 797. The summed E-state index contributed by atoms with van der Waals surface area (Å²) in [4.78, 5) is 38.2. The standard InChI is InChI=1S/C18H23NO7/c1-7-26-17(23)13-12-11(9(3)20)15(22)8(2)16(25-6)14(12)19(10(4)21)18(13,5)24/h13,22,24H,7H2,1-6H3. The second-order valence-electron chi connectivity index (χ2n) is 6.33. The molecule has 0 saturated carbocycles. The number of nitrogens with zero attached hydrogens (tertiary/aromatic N) is 1. The highest BCUT2D eigenvalue weighted by atomic mass is 16.5. The Morgan fingerprint density at radius 2 is 1.85 bits per heavy atom. The summed E-state index contributed by atoms with van der Waals surface area (Å²) < 4.78 is 10.4. The smallest absolute Gasteiger partial charge is 0.318 e. The van der Waals surface area contributed by atoms with Crippen LogP contribution in [0.2, 0.25) is 0 Å². The number of rotatable bonds is 4. The van der Waals surface area contributed by atoms with Crippen molar-refractivity contribution in [1.82, 2.24) is 0 Å². The number of fused-ring (bicyclic) bond motifs is 1. The molecule has 0 aromatic heterocycles. The van der Waals surface area contributed by atoms with E-state index in [1.54, 1.807) is 6.92 Å². The molecule has 142 valence electrons. The van der Waals surface area contributed by atoms with Crippen molar-refractivity contribution in [3.8, 4) is 11.5 Å². The van der Waals surface area contributed by atoms with Gasteiger partial charge in [-0.05, 0) is 27.7 Å². The van der Waals surface area contributed by atoms with Crippen LogP contribution in [0.25, 0.3) is 0 Å². The van der Waals surface area contributed by atoms with Crippen LogP contribution in [0, 0.1) is 6.92 Å². The summed E-state index contributed by atoms with van der Waals surface area (Å²) in [6.45, 7) is 6.91. The van der Waals surface area contributed by atoms with Crippen molar-refractivity contribution in [2.45, 2.75) is 46.3 Å². The number of aromatic hydroxyl groups is 1. The average Bonchev–Trinajstić information content (AvgIpc) is 2.75. The van der Waals surface area contributed by atoms with Crippen molar-refractivity contribution >= 4 is 23.3 Å². The van der Waals surface area contributed by atoms with E-state index in [4.69, 9.17) is 9.47 Å². The number of carbonyl (C=O) groups is 3. The first-order chi connectivity index (χ1) is 12.0. The van der Waals surface area contributed by atoms with E-state index in [0.29, 0.717) is 0 Å². The van der Waals surface area contributed by atoms with Gasteiger partial charge in [0.05, 0.1) is 25.0 Å². The van der Waals surface area contributed by atoms with Gasteiger partial charge in [0.2, 0.25) is 5.91 Å². The van der Waals surface area contributed by atoms with Crippen LogP contribution in [0.15, 0.2) is 0 Å². The maximum atomic E-state index is 12.6. The highest BCUT2D eigenvalue weighted by Gasteiger charge is 2.57. The van der Waals surface area contributed by atoms with Crippen molar-refractivity contribution in [2.75, 3.05) is 18.6 Å². The summed E-state index contributed by atoms with van der Waals surface area (Å²) in [5, 5.41) is 21.6. The Morgan fingerprint density at radius 1 is 1.27 bits per heavy atom. The molecule has 0 bridgehead atoms. The molecule has 1 aliphatic rings. The molecule has 0 saturated heterocycles. The summed E-state index contributed by atoms with van der Waals surface area (Å²) in [5.74, 6) is -3.51. The van der Waals surface area contributed by atoms with Crippen LogP contribution in [0.4, 0.5) is 5.69 Å². The number of aliphatic hydroxyl groups is 1. The number of hydrogen-bond acceptors (Lipinski definition) is 7.